The minimum absolute atomic E-state index is 0.113. The van der Waals surface area contributed by atoms with Gasteiger partial charge in [0.2, 0.25) is 5.91 Å². The molecule has 1 N–H and O–H groups in total. The average molecular weight is 265 g/mol. The van der Waals surface area contributed by atoms with Crippen LogP contribution >= 0.6 is 0 Å². The number of likely N-dealkylation sites (tertiary alicyclic amines) is 1. The molecule has 3 aliphatic rings. The van der Waals surface area contributed by atoms with Crippen LogP contribution in [0.5, 0.6) is 0 Å². The Hall–Kier alpha value is -1.06. The van der Waals surface area contributed by atoms with Crippen molar-refractivity contribution in [3.05, 3.63) is 0 Å². The van der Waals surface area contributed by atoms with Gasteiger partial charge >= 0.3 is 5.97 Å². The quantitative estimate of drug-likeness (QED) is 0.851. The summed E-state index contributed by atoms with van der Waals surface area (Å²) in [6.07, 6.45) is 6.59. The molecule has 0 radical (unpaired) electrons. The Kier molecular flexibility index (Phi) is 3.06. The molecule has 3 rings (SSSR count). The zero-order valence-corrected chi connectivity index (χ0v) is 11.6. The molecular weight excluding hydrogens is 242 g/mol. The van der Waals surface area contributed by atoms with E-state index in [9.17, 15) is 14.7 Å². The van der Waals surface area contributed by atoms with E-state index in [4.69, 9.17) is 0 Å². The molecule has 0 aromatic heterocycles. The van der Waals surface area contributed by atoms with Crippen molar-refractivity contribution in [3.63, 3.8) is 0 Å². The van der Waals surface area contributed by atoms with Crippen molar-refractivity contribution in [2.45, 2.75) is 57.4 Å². The number of hydrogen-bond acceptors (Lipinski definition) is 2. The summed E-state index contributed by atoms with van der Waals surface area (Å²) < 4.78 is 0. The highest BCUT2D eigenvalue weighted by Gasteiger charge is 2.52. The fourth-order valence-electron chi connectivity index (χ4n) is 4.69. The maximum atomic E-state index is 12.8. The lowest BCUT2D eigenvalue weighted by Gasteiger charge is -2.37. The topological polar surface area (TPSA) is 57.6 Å². The second-order valence-corrected chi connectivity index (χ2v) is 6.57. The smallest absolute Gasteiger partial charge is 0.329 e. The van der Waals surface area contributed by atoms with Gasteiger partial charge < -0.3 is 10.0 Å². The lowest BCUT2D eigenvalue weighted by atomic mass is 9.85. The number of carbonyl (C=O) groups is 2. The summed E-state index contributed by atoms with van der Waals surface area (Å²) in [7, 11) is 0. The summed E-state index contributed by atoms with van der Waals surface area (Å²) in [6.45, 7) is 2.52. The van der Waals surface area contributed by atoms with E-state index in [0.717, 1.165) is 18.8 Å². The second kappa shape index (κ2) is 4.50. The third-order valence-corrected chi connectivity index (χ3v) is 5.79. The monoisotopic (exact) mass is 265 g/mol. The van der Waals surface area contributed by atoms with Gasteiger partial charge in [-0.2, -0.15) is 0 Å². The van der Waals surface area contributed by atoms with Gasteiger partial charge in [0.25, 0.3) is 0 Å². The Balaban J connectivity index is 1.81. The molecule has 4 nitrogen and oxygen atoms in total. The van der Waals surface area contributed by atoms with Crippen LogP contribution in [0.3, 0.4) is 0 Å². The molecule has 4 atom stereocenters. The Morgan fingerprint density at radius 2 is 2.11 bits per heavy atom. The minimum Gasteiger partial charge on any atom is -0.479 e. The first kappa shape index (κ1) is 12.9. The van der Waals surface area contributed by atoms with Crippen LogP contribution in [0.4, 0.5) is 0 Å². The Morgan fingerprint density at radius 1 is 1.32 bits per heavy atom. The normalized spacial score (nSPS) is 40.9. The van der Waals surface area contributed by atoms with Crippen LogP contribution in [-0.4, -0.2) is 34.0 Å². The predicted octanol–water partition coefficient (Wildman–Crippen LogP) is 2.28. The molecule has 1 heterocycles. The molecule has 106 valence electrons. The molecule has 2 bridgehead atoms. The van der Waals surface area contributed by atoms with Crippen molar-refractivity contribution in [2.75, 3.05) is 6.54 Å². The largest absolute Gasteiger partial charge is 0.479 e. The van der Waals surface area contributed by atoms with Gasteiger partial charge in [-0.15, -0.1) is 0 Å². The fraction of sp³-hybridized carbons (Fsp3) is 0.867. The zero-order valence-electron chi connectivity index (χ0n) is 11.6. The standard InChI is InChI=1S/C15H23NO3/c1-2-15(14(18)19)6-3-7-16(15)13(17)12-9-10-4-5-11(12)8-10/h10-12H,2-9H2,1H3,(H,18,19). The summed E-state index contributed by atoms with van der Waals surface area (Å²) in [5, 5.41) is 9.56. The number of nitrogens with zero attached hydrogens (tertiary/aromatic N) is 1. The first-order chi connectivity index (χ1) is 9.08. The molecule has 0 spiro atoms. The van der Waals surface area contributed by atoms with Crippen LogP contribution in [0.1, 0.15) is 51.9 Å². The third kappa shape index (κ3) is 1.79. The lowest BCUT2D eigenvalue weighted by Crippen LogP contribution is -2.54. The molecule has 2 aliphatic carbocycles. The first-order valence-electron chi connectivity index (χ1n) is 7.63. The SMILES string of the molecule is CCC1(C(=O)O)CCCN1C(=O)C1CC2CCC1C2. The molecule has 2 saturated carbocycles. The van der Waals surface area contributed by atoms with Crippen molar-refractivity contribution < 1.29 is 14.7 Å². The number of carboxylic acids is 1. The van der Waals surface area contributed by atoms with E-state index < -0.39 is 11.5 Å². The van der Waals surface area contributed by atoms with Gasteiger partial charge in [-0.05, 0) is 50.4 Å². The molecule has 1 aliphatic heterocycles. The van der Waals surface area contributed by atoms with Gasteiger partial charge in [-0.3, -0.25) is 4.79 Å². The number of carboxylic acid groups (broad SMARTS) is 1. The molecule has 0 aromatic carbocycles. The third-order valence-electron chi connectivity index (χ3n) is 5.79. The van der Waals surface area contributed by atoms with Gasteiger partial charge in [-0.25, -0.2) is 4.79 Å². The second-order valence-electron chi connectivity index (χ2n) is 6.57. The highest BCUT2D eigenvalue weighted by Crippen LogP contribution is 2.50. The van der Waals surface area contributed by atoms with Crippen molar-refractivity contribution in [2.24, 2.45) is 17.8 Å². The average Bonchev–Trinajstić information content (AvgIpc) is 3.11. The van der Waals surface area contributed by atoms with E-state index in [-0.39, 0.29) is 11.8 Å². The van der Waals surface area contributed by atoms with Crippen LogP contribution < -0.4 is 0 Å². The van der Waals surface area contributed by atoms with Crippen LogP contribution in [0.15, 0.2) is 0 Å². The van der Waals surface area contributed by atoms with E-state index in [0.29, 0.717) is 25.3 Å². The summed E-state index contributed by atoms with van der Waals surface area (Å²) in [5.41, 5.74) is -0.918. The number of rotatable bonds is 3. The van der Waals surface area contributed by atoms with Crippen LogP contribution in [0.25, 0.3) is 0 Å². The fourth-order valence-corrected chi connectivity index (χ4v) is 4.69. The van der Waals surface area contributed by atoms with Crippen molar-refractivity contribution in [3.8, 4) is 0 Å². The Morgan fingerprint density at radius 3 is 2.63 bits per heavy atom. The summed E-state index contributed by atoms with van der Waals surface area (Å²) in [5.74, 6) is 0.684. The summed E-state index contributed by atoms with van der Waals surface area (Å²) in [4.78, 5) is 26.1. The molecule has 3 fully saturated rings. The lowest BCUT2D eigenvalue weighted by molar-refractivity contribution is -0.159. The molecule has 1 saturated heterocycles. The van der Waals surface area contributed by atoms with Gasteiger partial charge in [0, 0.05) is 12.5 Å². The Bertz CT molecular complexity index is 408. The van der Waals surface area contributed by atoms with E-state index in [1.165, 1.54) is 19.3 Å². The number of aliphatic carboxylic acids is 1. The molecule has 4 heteroatoms. The molecular formula is C15H23NO3. The first-order valence-corrected chi connectivity index (χ1v) is 7.63. The number of carbonyl (C=O) groups excluding carboxylic acids is 1. The maximum Gasteiger partial charge on any atom is 0.329 e. The van der Waals surface area contributed by atoms with E-state index in [1.807, 2.05) is 6.92 Å². The van der Waals surface area contributed by atoms with Crippen molar-refractivity contribution in [1.29, 1.82) is 0 Å². The van der Waals surface area contributed by atoms with Crippen LogP contribution in [0.2, 0.25) is 0 Å². The van der Waals surface area contributed by atoms with Crippen LogP contribution in [0, 0.1) is 17.8 Å². The van der Waals surface area contributed by atoms with E-state index in [1.54, 1.807) is 4.90 Å². The predicted molar refractivity (Wildman–Crippen MR) is 70.5 cm³/mol. The van der Waals surface area contributed by atoms with E-state index in [2.05, 4.69) is 0 Å². The van der Waals surface area contributed by atoms with Gasteiger partial charge in [0.05, 0.1) is 0 Å². The summed E-state index contributed by atoms with van der Waals surface area (Å²) >= 11 is 0. The van der Waals surface area contributed by atoms with Crippen LogP contribution in [-0.2, 0) is 9.59 Å². The Labute approximate surface area is 114 Å². The molecule has 0 aromatic rings. The van der Waals surface area contributed by atoms with Crippen molar-refractivity contribution >= 4 is 11.9 Å². The maximum absolute atomic E-state index is 12.8. The molecule has 19 heavy (non-hydrogen) atoms. The van der Waals surface area contributed by atoms with Gasteiger partial charge in [0.1, 0.15) is 5.54 Å². The number of hydrogen-bond donors (Lipinski definition) is 1. The van der Waals surface area contributed by atoms with Gasteiger partial charge in [-0.1, -0.05) is 13.3 Å². The summed E-state index contributed by atoms with van der Waals surface area (Å²) in [6, 6.07) is 0. The molecule has 4 unspecified atom stereocenters. The molecule has 1 amide bonds. The van der Waals surface area contributed by atoms with E-state index >= 15 is 0 Å². The number of amides is 1. The minimum atomic E-state index is -0.918. The highest BCUT2D eigenvalue weighted by molar-refractivity contribution is 5.89. The number of fused-ring (bicyclic) bond motifs is 2. The highest BCUT2D eigenvalue weighted by atomic mass is 16.4. The zero-order chi connectivity index (χ0) is 13.6. The van der Waals surface area contributed by atoms with Crippen molar-refractivity contribution in [1.82, 2.24) is 4.90 Å². The van der Waals surface area contributed by atoms with Gasteiger partial charge in [0.15, 0.2) is 0 Å².